The van der Waals surface area contributed by atoms with Gasteiger partial charge in [-0.25, -0.2) is 0 Å². The van der Waals surface area contributed by atoms with Crippen LogP contribution in [0.2, 0.25) is 10.0 Å². The van der Waals surface area contributed by atoms with Gasteiger partial charge >= 0.3 is 0 Å². The minimum absolute atomic E-state index is 0.0825. The number of rotatable bonds is 8. The van der Waals surface area contributed by atoms with Crippen molar-refractivity contribution in [1.29, 1.82) is 0 Å². The lowest BCUT2D eigenvalue weighted by atomic mass is 9.95. The molecule has 1 aliphatic carbocycles. The summed E-state index contributed by atoms with van der Waals surface area (Å²) in [6.07, 6.45) is 6.27. The van der Waals surface area contributed by atoms with Gasteiger partial charge in [-0.15, -0.1) is 0 Å². The Morgan fingerprint density at radius 1 is 1.06 bits per heavy atom. The van der Waals surface area contributed by atoms with Crippen LogP contribution in [0.15, 0.2) is 48.5 Å². The van der Waals surface area contributed by atoms with Crippen LogP contribution >= 0.6 is 23.2 Å². The van der Waals surface area contributed by atoms with Crippen molar-refractivity contribution < 1.29 is 9.59 Å². The van der Waals surface area contributed by atoms with Gasteiger partial charge in [0.05, 0.1) is 6.42 Å². The van der Waals surface area contributed by atoms with Crippen molar-refractivity contribution in [1.82, 2.24) is 10.2 Å². The molecule has 2 aromatic rings. The summed E-state index contributed by atoms with van der Waals surface area (Å²) in [6, 6.07) is 14.5. The first-order chi connectivity index (χ1) is 15.0. The van der Waals surface area contributed by atoms with Crippen molar-refractivity contribution in [3.8, 4) is 0 Å². The van der Waals surface area contributed by atoms with E-state index in [-0.39, 0.29) is 30.8 Å². The predicted molar refractivity (Wildman–Crippen MR) is 126 cm³/mol. The predicted octanol–water partition coefficient (Wildman–Crippen LogP) is 5.79. The molecule has 0 radical (unpaired) electrons. The molecule has 6 heteroatoms. The summed E-state index contributed by atoms with van der Waals surface area (Å²) in [5.41, 5.74) is 1.69. The van der Waals surface area contributed by atoms with Gasteiger partial charge in [0.1, 0.15) is 6.04 Å². The summed E-state index contributed by atoms with van der Waals surface area (Å²) in [7, 11) is 0. The molecule has 1 saturated carbocycles. The number of carbonyl (C=O) groups is 2. The maximum absolute atomic E-state index is 13.4. The molecule has 4 nitrogen and oxygen atoms in total. The van der Waals surface area contributed by atoms with E-state index in [1.165, 1.54) is 6.42 Å². The van der Waals surface area contributed by atoms with Gasteiger partial charge in [0.15, 0.2) is 0 Å². The second-order valence-corrected chi connectivity index (χ2v) is 9.03. The van der Waals surface area contributed by atoms with E-state index in [1.807, 2.05) is 43.3 Å². The van der Waals surface area contributed by atoms with Crippen LogP contribution < -0.4 is 5.32 Å². The standard InChI is InChI=1S/C25H30Cl2N2O2/c1-2-23(25(31)28-21-11-7-4-8-12-21)29(17-19-13-14-20(26)16-22(19)27)24(30)15-18-9-5-3-6-10-18/h3,5-6,9-10,13-14,16,21,23H,2,4,7-8,11-12,15,17H2,1H3,(H,28,31)/t23-/m1/s1. The quantitative estimate of drug-likeness (QED) is 0.541. The first-order valence-corrected chi connectivity index (χ1v) is 11.8. The van der Waals surface area contributed by atoms with Gasteiger partial charge in [-0.05, 0) is 42.5 Å². The summed E-state index contributed by atoms with van der Waals surface area (Å²) in [5.74, 6) is -0.177. The topological polar surface area (TPSA) is 49.4 Å². The fourth-order valence-corrected chi connectivity index (χ4v) is 4.64. The normalized spacial score (nSPS) is 15.3. The molecule has 1 atom stereocenters. The molecule has 0 aliphatic heterocycles. The zero-order valence-electron chi connectivity index (χ0n) is 17.9. The number of nitrogens with zero attached hydrogens (tertiary/aromatic N) is 1. The molecule has 0 bridgehead atoms. The van der Waals surface area contributed by atoms with E-state index in [2.05, 4.69) is 5.32 Å². The number of hydrogen-bond donors (Lipinski definition) is 1. The van der Waals surface area contributed by atoms with Crippen molar-refractivity contribution in [2.45, 2.75) is 70.5 Å². The van der Waals surface area contributed by atoms with Gasteiger partial charge in [0, 0.05) is 22.6 Å². The Kier molecular flexibility index (Phi) is 8.79. The van der Waals surface area contributed by atoms with Crippen molar-refractivity contribution in [2.24, 2.45) is 0 Å². The summed E-state index contributed by atoms with van der Waals surface area (Å²) in [4.78, 5) is 28.2. The van der Waals surface area contributed by atoms with Gasteiger partial charge in [-0.2, -0.15) is 0 Å². The molecular weight excluding hydrogens is 431 g/mol. The molecule has 0 heterocycles. The Bertz CT molecular complexity index is 882. The third-order valence-electron chi connectivity index (χ3n) is 5.89. The second-order valence-electron chi connectivity index (χ2n) is 8.19. The molecule has 2 amide bonds. The van der Waals surface area contributed by atoms with Crippen molar-refractivity contribution in [3.63, 3.8) is 0 Å². The van der Waals surface area contributed by atoms with E-state index >= 15 is 0 Å². The molecule has 0 aromatic heterocycles. The lowest BCUT2D eigenvalue weighted by Gasteiger charge is -2.33. The number of halogens is 2. The molecule has 1 N–H and O–H groups in total. The first-order valence-electron chi connectivity index (χ1n) is 11.1. The fourth-order valence-electron chi connectivity index (χ4n) is 4.17. The number of carbonyl (C=O) groups excluding carboxylic acids is 2. The van der Waals surface area contributed by atoms with Crippen LogP contribution in [0.25, 0.3) is 0 Å². The SMILES string of the molecule is CC[C@H](C(=O)NC1CCCCC1)N(Cc1ccc(Cl)cc1Cl)C(=O)Cc1ccccc1. The zero-order chi connectivity index (χ0) is 22.2. The summed E-state index contributed by atoms with van der Waals surface area (Å²) in [6.45, 7) is 2.20. The highest BCUT2D eigenvalue weighted by Crippen LogP contribution is 2.25. The Hall–Kier alpha value is -2.04. The fraction of sp³-hybridized carbons (Fsp3) is 0.440. The van der Waals surface area contributed by atoms with Crippen LogP contribution in [-0.2, 0) is 22.6 Å². The average molecular weight is 461 g/mol. The van der Waals surface area contributed by atoms with E-state index in [1.54, 1.807) is 17.0 Å². The summed E-state index contributed by atoms with van der Waals surface area (Å²) in [5, 5.41) is 4.22. The van der Waals surface area contributed by atoms with Crippen LogP contribution in [0.1, 0.15) is 56.6 Å². The zero-order valence-corrected chi connectivity index (χ0v) is 19.5. The lowest BCUT2D eigenvalue weighted by Crippen LogP contribution is -2.52. The summed E-state index contributed by atoms with van der Waals surface area (Å²) >= 11 is 12.4. The minimum Gasteiger partial charge on any atom is -0.352 e. The van der Waals surface area contributed by atoms with Crippen molar-refractivity contribution in [3.05, 3.63) is 69.7 Å². The Balaban J connectivity index is 1.82. The van der Waals surface area contributed by atoms with Gasteiger partial charge in [-0.1, -0.05) is 85.8 Å². The molecule has 0 spiro atoms. The van der Waals surface area contributed by atoms with E-state index in [0.29, 0.717) is 16.5 Å². The average Bonchev–Trinajstić information content (AvgIpc) is 2.76. The molecule has 1 aliphatic rings. The third-order valence-corrected chi connectivity index (χ3v) is 6.48. The first kappa shape index (κ1) is 23.6. The molecule has 2 aromatic carbocycles. The van der Waals surface area contributed by atoms with E-state index in [4.69, 9.17) is 23.2 Å². The number of benzene rings is 2. The van der Waals surface area contributed by atoms with Crippen LogP contribution in [0.5, 0.6) is 0 Å². The minimum atomic E-state index is -0.551. The molecule has 0 unspecified atom stereocenters. The Labute approximate surface area is 194 Å². The van der Waals surface area contributed by atoms with Gasteiger partial charge in [0.2, 0.25) is 11.8 Å². The van der Waals surface area contributed by atoms with Crippen molar-refractivity contribution in [2.75, 3.05) is 0 Å². The van der Waals surface area contributed by atoms with Gasteiger partial charge in [-0.3, -0.25) is 9.59 Å². The highest BCUT2D eigenvalue weighted by atomic mass is 35.5. The Morgan fingerprint density at radius 2 is 1.77 bits per heavy atom. The van der Waals surface area contributed by atoms with Crippen LogP contribution in [0.4, 0.5) is 0 Å². The summed E-state index contributed by atoms with van der Waals surface area (Å²) < 4.78 is 0. The molecule has 0 saturated heterocycles. The van der Waals surface area contributed by atoms with Gasteiger partial charge in [0.25, 0.3) is 0 Å². The molecule has 31 heavy (non-hydrogen) atoms. The van der Waals surface area contributed by atoms with E-state index in [0.717, 1.165) is 36.8 Å². The second kappa shape index (κ2) is 11.5. The largest absolute Gasteiger partial charge is 0.352 e. The molecular formula is C25H30Cl2N2O2. The smallest absolute Gasteiger partial charge is 0.243 e. The highest BCUT2D eigenvalue weighted by molar-refractivity contribution is 6.35. The van der Waals surface area contributed by atoms with Crippen molar-refractivity contribution >= 4 is 35.0 Å². The maximum atomic E-state index is 13.4. The number of nitrogens with one attached hydrogen (secondary N) is 1. The van der Waals surface area contributed by atoms with Crippen LogP contribution in [0, 0.1) is 0 Å². The van der Waals surface area contributed by atoms with Gasteiger partial charge < -0.3 is 10.2 Å². The van der Waals surface area contributed by atoms with E-state index in [9.17, 15) is 9.59 Å². The molecule has 1 fully saturated rings. The molecule has 166 valence electrons. The Morgan fingerprint density at radius 3 is 2.42 bits per heavy atom. The number of hydrogen-bond acceptors (Lipinski definition) is 2. The monoisotopic (exact) mass is 460 g/mol. The third kappa shape index (κ3) is 6.72. The maximum Gasteiger partial charge on any atom is 0.243 e. The molecule has 3 rings (SSSR count). The van der Waals surface area contributed by atoms with E-state index < -0.39 is 6.04 Å². The van der Waals surface area contributed by atoms with Crippen LogP contribution in [0.3, 0.4) is 0 Å². The number of amides is 2. The van der Waals surface area contributed by atoms with Crippen LogP contribution in [-0.4, -0.2) is 28.8 Å². The highest BCUT2D eigenvalue weighted by Gasteiger charge is 2.30. The lowest BCUT2D eigenvalue weighted by molar-refractivity contribution is -0.141.